The van der Waals surface area contributed by atoms with Gasteiger partial charge in [-0.05, 0) is 37.3 Å². The first-order valence-electron chi connectivity index (χ1n) is 6.72. The van der Waals surface area contributed by atoms with Crippen molar-refractivity contribution in [3.05, 3.63) is 51.4 Å². The Balaban J connectivity index is 2.21. The lowest BCUT2D eigenvalue weighted by Gasteiger charge is -2.17. The molecular formula is C16H15ClO3. The van der Waals surface area contributed by atoms with E-state index in [1.165, 1.54) is 0 Å². The van der Waals surface area contributed by atoms with Crippen molar-refractivity contribution < 1.29 is 9.15 Å². The Labute approximate surface area is 121 Å². The van der Waals surface area contributed by atoms with Gasteiger partial charge < -0.3 is 9.15 Å². The molecule has 0 fully saturated rings. The van der Waals surface area contributed by atoms with E-state index < -0.39 is 0 Å². The van der Waals surface area contributed by atoms with E-state index in [2.05, 4.69) is 6.58 Å². The summed E-state index contributed by atoms with van der Waals surface area (Å²) in [6, 6.07) is 3.53. The Bertz CT molecular complexity index is 731. The molecule has 0 amide bonds. The van der Waals surface area contributed by atoms with Gasteiger partial charge in [0.2, 0.25) is 0 Å². The van der Waals surface area contributed by atoms with E-state index in [1.54, 1.807) is 12.1 Å². The summed E-state index contributed by atoms with van der Waals surface area (Å²) in [7, 11) is 0. The Kier molecular flexibility index (Phi) is 3.53. The maximum Gasteiger partial charge on any atom is 0.339 e. The molecule has 0 spiro atoms. The molecule has 20 heavy (non-hydrogen) atoms. The van der Waals surface area contributed by atoms with Crippen LogP contribution in [0.5, 0.6) is 5.75 Å². The summed E-state index contributed by atoms with van der Waals surface area (Å²) in [6.07, 6.45) is 5.47. The molecule has 4 heteroatoms. The van der Waals surface area contributed by atoms with Crippen LogP contribution in [0.3, 0.4) is 0 Å². The van der Waals surface area contributed by atoms with E-state index in [1.807, 2.05) is 6.07 Å². The van der Waals surface area contributed by atoms with Crippen LogP contribution in [0.4, 0.5) is 0 Å². The number of hydrogen-bond donors (Lipinski definition) is 0. The SMILES string of the molecule is C=CCOc1cc2oc(=O)c3c(c2cc1Cl)CCCC3. The smallest absolute Gasteiger partial charge is 0.339 e. The fourth-order valence-electron chi connectivity index (χ4n) is 2.70. The number of rotatable bonds is 3. The van der Waals surface area contributed by atoms with Crippen LogP contribution >= 0.6 is 11.6 Å². The monoisotopic (exact) mass is 290 g/mol. The summed E-state index contributed by atoms with van der Waals surface area (Å²) < 4.78 is 10.9. The second kappa shape index (κ2) is 5.33. The number of fused-ring (bicyclic) bond motifs is 3. The van der Waals surface area contributed by atoms with Gasteiger partial charge in [0.05, 0.1) is 5.02 Å². The van der Waals surface area contributed by atoms with E-state index in [4.69, 9.17) is 20.8 Å². The molecular weight excluding hydrogens is 276 g/mol. The fraction of sp³-hybridized carbons (Fsp3) is 0.312. The van der Waals surface area contributed by atoms with Crippen molar-refractivity contribution in [3.63, 3.8) is 0 Å². The van der Waals surface area contributed by atoms with Crippen molar-refractivity contribution in [2.24, 2.45) is 0 Å². The molecule has 0 bridgehead atoms. The van der Waals surface area contributed by atoms with Crippen LogP contribution in [0.1, 0.15) is 24.0 Å². The van der Waals surface area contributed by atoms with Crippen LogP contribution in [-0.4, -0.2) is 6.61 Å². The molecule has 104 valence electrons. The summed E-state index contributed by atoms with van der Waals surface area (Å²) in [6.45, 7) is 3.96. The summed E-state index contributed by atoms with van der Waals surface area (Å²) >= 11 is 6.24. The molecule has 0 radical (unpaired) electrons. The number of aryl methyl sites for hydroxylation is 1. The second-order valence-corrected chi connectivity index (χ2v) is 5.34. The molecule has 0 N–H and O–H groups in total. The highest BCUT2D eigenvalue weighted by Gasteiger charge is 2.19. The van der Waals surface area contributed by atoms with Crippen LogP contribution < -0.4 is 10.4 Å². The van der Waals surface area contributed by atoms with Gasteiger partial charge in [0.1, 0.15) is 17.9 Å². The summed E-state index contributed by atoms with van der Waals surface area (Å²) in [5, 5.41) is 1.45. The molecule has 3 nitrogen and oxygen atoms in total. The van der Waals surface area contributed by atoms with E-state index in [0.29, 0.717) is 23.0 Å². The van der Waals surface area contributed by atoms with Gasteiger partial charge in [0.25, 0.3) is 0 Å². The lowest BCUT2D eigenvalue weighted by atomic mass is 9.91. The predicted molar refractivity (Wildman–Crippen MR) is 79.8 cm³/mol. The number of halogens is 1. The maximum atomic E-state index is 12.0. The van der Waals surface area contributed by atoms with Gasteiger partial charge in [-0.1, -0.05) is 24.3 Å². The molecule has 1 aromatic carbocycles. The molecule has 2 aromatic rings. The molecule has 1 aliphatic carbocycles. The first kappa shape index (κ1) is 13.3. The normalized spacial score (nSPS) is 14.1. The van der Waals surface area contributed by atoms with Crippen molar-refractivity contribution in [1.82, 2.24) is 0 Å². The quantitative estimate of drug-likeness (QED) is 0.636. The largest absolute Gasteiger partial charge is 0.488 e. The van der Waals surface area contributed by atoms with Gasteiger partial charge in [-0.3, -0.25) is 0 Å². The highest BCUT2D eigenvalue weighted by Crippen LogP contribution is 2.34. The van der Waals surface area contributed by atoms with Crippen molar-refractivity contribution in [1.29, 1.82) is 0 Å². The minimum absolute atomic E-state index is 0.232. The van der Waals surface area contributed by atoms with Gasteiger partial charge in [0, 0.05) is 17.0 Å². The Morgan fingerprint density at radius 1 is 1.30 bits per heavy atom. The van der Waals surface area contributed by atoms with Gasteiger partial charge in [-0.15, -0.1) is 0 Å². The minimum Gasteiger partial charge on any atom is -0.488 e. The minimum atomic E-state index is -0.232. The zero-order chi connectivity index (χ0) is 14.1. The number of ether oxygens (including phenoxy) is 1. The van der Waals surface area contributed by atoms with Crippen molar-refractivity contribution in [2.75, 3.05) is 6.61 Å². The molecule has 3 rings (SSSR count). The molecule has 1 heterocycles. The predicted octanol–water partition coefficient (Wildman–Crippen LogP) is 3.89. The van der Waals surface area contributed by atoms with Crippen LogP contribution in [0.25, 0.3) is 11.0 Å². The first-order chi connectivity index (χ1) is 9.70. The van der Waals surface area contributed by atoms with E-state index >= 15 is 0 Å². The average molecular weight is 291 g/mol. The van der Waals surface area contributed by atoms with Gasteiger partial charge in [0.15, 0.2) is 0 Å². The van der Waals surface area contributed by atoms with Crippen LogP contribution in [-0.2, 0) is 12.8 Å². The zero-order valence-corrected chi connectivity index (χ0v) is 11.8. The third-order valence-electron chi connectivity index (χ3n) is 3.63. The standard InChI is InChI=1S/C16H15ClO3/c1-2-7-19-15-9-14-12(8-13(15)17)10-5-3-4-6-11(10)16(18)20-14/h2,8-9H,1,3-7H2. The number of hydrogen-bond acceptors (Lipinski definition) is 3. The molecule has 0 atom stereocenters. The molecule has 0 aliphatic heterocycles. The Hall–Kier alpha value is -1.74. The lowest BCUT2D eigenvalue weighted by molar-refractivity contribution is 0.363. The van der Waals surface area contributed by atoms with Crippen LogP contribution in [0, 0.1) is 0 Å². The molecule has 0 saturated carbocycles. The topological polar surface area (TPSA) is 39.4 Å². The van der Waals surface area contributed by atoms with Gasteiger partial charge in [-0.2, -0.15) is 0 Å². The van der Waals surface area contributed by atoms with Crippen molar-refractivity contribution >= 4 is 22.6 Å². The van der Waals surface area contributed by atoms with Crippen LogP contribution in [0.15, 0.2) is 34.0 Å². The van der Waals surface area contributed by atoms with Crippen molar-refractivity contribution in [3.8, 4) is 5.75 Å². The molecule has 1 aromatic heterocycles. The van der Waals surface area contributed by atoms with E-state index in [-0.39, 0.29) is 5.63 Å². The van der Waals surface area contributed by atoms with E-state index in [0.717, 1.165) is 42.2 Å². The second-order valence-electron chi connectivity index (χ2n) is 4.93. The summed E-state index contributed by atoms with van der Waals surface area (Å²) in [5.74, 6) is 0.512. The zero-order valence-electron chi connectivity index (χ0n) is 11.1. The van der Waals surface area contributed by atoms with E-state index in [9.17, 15) is 4.79 Å². The summed E-state index contributed by atoms with van der Waals surface area (Å²) in [4.78, 5) is 12.0. The lowest BCUT2D eigenvalue weighted by Crippen LogP contribution is -2.15. The van der Waals surface area contributed by atoms with Gasteiger partial charge in [-0.25, -0.2) is 4.79 Å². The Morgan fingerprint density at radius 3 is 2.80 bits per heavy atom. The Morgan fingerprint density at radius 2 is 2.05 bits per heavy atom. The number of benzene rings is 1. The average Bonchev–Trinajstić information content (AvgIpc) is 2.46. The highest BCUT2D eigenvalue weighted by molar-refractivity contribution is 6.32. The third-order valence-corrected chi connectivity index (χ3v) is 3.93. The fourth-order valence-corrected chi connectivity index (χ4v) is 2.92. The van der Waals surface area contributed by atoms with Gasteiger partial charge >= 0.3 is 5.63 Å². The molecule has 0 unspecified atom stereocenters. The summed E-state index contributed by atoms with van der Waals surface area (Å²) in [5.41, 5.74) is 2.20. The molecule has 0 saturated heterocycles. The highest BCUT2D eigenvalue weighted by atomic mass is 35.5. The molecule has 1 aliphatic rings. The van der Waals surface area contributed by atoms with Crippen LogP contribution in [0.2, 0.25) is 5.02 Å². The maximum absolute atomic E-state index is 12.0. The van der Waals surface area contributed by atoms with Crippen molar-refractivity contribution in [2.45, 2.75) is 25.7 Å². The first-order valence-corrected chi connectivity index (χ1v) is 7.10. The third kappa shape index (κ3) is 2.22.